The van der Waals surface area contributed by atoms with Crippen molar-refractivity contribution in [3.05, 3.63) is 0 Å². The van der Waals surface area contributed by atoms with E-state index < -0.39 is 5.92 Å². The van der Waals surface area contributed by atoms with Gasteiger partial charge in [-0.05, 0) is 12.2 Å². The van der Waals surface area contributed by atoms with Gasteiger partial charge >= 0.3 is 5.97 Å². The zero-order valence-electron chi connectivity index (χ0n) is 9.22. The highest BCUT2D eigenvalue weighted by molar-refractivity contribution is 7.99. The molecule has 0 bridgehead atoms. The van der Waals surface area contributed by atoms with Crippen LogP contribution >= 0.6 is 11.8 Å². The summed E-state index contributed by atoms with van der Waals surface area (Å²) < 4.78 is 30.6. The van der Waals surface area contributed by atoms with Crippen LogP contribution in [0.4, 0.5) is 8.78 Å². The average Bonchev–Trinajstić information content (AvgIpc) is 2.10. The Kier molecular flexibility index (Phi) is 7.74. The summed E-state index contributed by atoms with van der Waals surface area (Å²) in [6.07, 6.45) is 0.849. The summed E-state index contributed by atoms with van der Waals surface area (Å²) in [4.78, 5) is 10.4. The fraction of sp³-hybridized carbons (Fsp3) is 0.900. The number of esters is 1. The number of carbonyl (C=O) groups is 1. The second-order valence-corrected chi connectivity index (χ2v) is 4.42. The summed E-state index contributed by atoms with van der Waals surface area (Å²) >= 11 is 1.36. The third-order valence-electron chi connectivity index (χ3n) is 1.79. The van der Waals surface area contributed by atoms with E-state index in [2.05, 4.69) is 4.74 Å². The Morgan fingerprint density at radius 3 is 2.60 bits per heavy atom. The van der Waals surface area contributed by atoms with Crippen LogP contribution in [0.15, 0.2) is 0 Å². The van der Waals surface area contributed by atoms with E-state index in [0.29, 0.717) is 18.6 Å². The van der Waals surface area contributed by atoms with E-state index in [9.17, 15) is 13.6 Å². The molecule has 0 spiro atoms. The van der Waals surface area contributed by atoms with Crippen LogP contribution in [-0.2, 0) is 9.53 Å². The van der Waals surface area contributed by atoms with Crippen molar-refractivity contribution in [1.82, 2.24) is 0 Å². The van der Waals surface area contributed by atoms with E-state index in [-0.39, 0.29) is 24.7 Å². The van der Waals surface area contributed by atoms with Crippen LogP contribution in [0.2, 0.25) is 0 Å². The molecular weight excluding hydrogens is 222 g/mol. The normalized spacial score (nSPS) is 11.5. The number of thioether (sulfide) groups is 1. The lowest BCUT2D eigenvalue weighted by Gasteiger charge is -2.14. The Morgan fingerprint density at radius 1 is 1.40 bits per heavy atom. The lowest BCUT2D eigenvalue weighted by molar-refractivity contribution is -0.138. The minimum absolute atomic E-state index is 0.0401. The average molecular weight is 240 g/mol. The molecule has 0 saturated heterocycles. The highest BCUT2D eigenvalue weighted by Gasteiger charge is 2.26. The highest BCUT2D eigenvalue weighted by atomic mass is 32.2. The third-order valence-corrected chi connectivity index (χ3v) is 2.65. The second-order valence-electron chi connectivity index (χ2n) is 3.37. The van der Waals surface area contributed by atoms with E-state index in [1.54, 1.807) is 6.92 Å². The Bertz CT molecular complexity index is 186. The first kappa shape index (κ1) is 14.7. The molecule has 0 aromatic rings. The summed E-state index contributed by atoms with van der Waals surface area (Å²) in [5.74, 6) is -2.00. The molecule has 0 aliphatic carbocycles. The van der Waals surface area contributed by atoms with Gasteiger partial charge < -0.3 is 4.74 Å². The Hall–Kier alpha value is -0.320. The van der Waals surface area contributed by atoms with Crippen molar-refractivity contribution in [2.75, 3.05) is 11.7 Å². The molecule has 0 fully saturated rings. The maximum Gasteiger partial charge on any atom is 0.303 e. The largest absolute Gasteiger partial charge is 0.455 e. The topological polar surface area (TPSA) is 26.3 Å². The molecule has 90 valence electrons. The molecule has 0 unspecified atom stereocenters. The van der Waals surface area contributed by atoms with Gasteiger partial charge in [0.1, 0.15) is 5.94 Å². The summed E-state index contributed by atoms with van der Waals surface area (Å²) in [5, 5.41) is 0. The molecular formula is C10H18F2O2S. The monoisotopic (exact) mass is 240 g/mol. The maximum absolute atomic E-state index is 13.0. The summed E-state index contributed by atoms with van der Waals surface area (Å²) in [7, 11) is 0. The number of ether oxygens (including phenoxy) is 1. The van der Waals surface area contributed by atoms with E-state index >= 15 is 0 Å². The van der Waals surface area contributed by atoms with Crippen molar-refractivity contribution in [3.8, 4) is 0 Å². The fourth-order valence-electron chi connectivity index (χ4n) is 1.11. The summed E-state index contributed by atoms with van der Waals surface area (Å²) in [5.41, 5.74) is 0. The Morgan fingerprint density at radius 2 is 2.07 bits per heavy atom. The lowest BCUT2D eigenvalue weighted by atomic mass is 10.1. The van der Waals surface area contributed by atoms with Crippen LogP contribution in [0.3, 0.4) is 0 Å². The Balaban J connectivity index is 3.34. The molecule has 0 aliphatic rings. The molecule has 0 heterocycles. The van der Waals surface area contributed by atoms with Crippen molar-refractivity contribution in [2.24, 2.45) is 0 Å². The number of hydrogen-bond donors (Lipinski definition) is 0. The van der Waals surface area contributed by atoms with Crippen LogP contribution in [0.1, 0.15) is 39.5 Å². The number of hydrogen-bond acceptors (Lipinski definition) is 3. The minimum Gasteiger partial charge on any atom is -0.455 e. The molecule has 0 saturated carbocycles. The zero-order valence-corrected chi connectivity index (χ0v) is 10.0. The Labute approximate surface area is 93.8 Å². The predicted octanol–water partition coefficient (Wildman–Crippen LogP) is 3.46. The van der Waals surface area contributed by atoms with E-state index in [1.165, 1.54) is 18.7 Å². The first-order chi connectivity index (χ1) is 6.98. The highest BCUT2D eigenvalue weighted by Crippen LogP contribution is 2.26. The van der Waals surface area contributed by atoms with Gasteiger partial charge in [-0.25, -0.2) is 8.78 Å². The van der Waals surface area contributed by atoms with Gasteiger partial charge in [-0.2, -0.15) is 0 Å². The van der Waals surface area contributed by atoms with E-state index in [4.69, 9.17) is 0 Å². The molecule has 0 aromatic heterocycles. The molecule has 5 heteroatoms. The van der Waals surface area contributed by atoms with Crippen molar-refractivity contribution >= 4 is 17.7 Å². The van der Waals surface area contributed by atoms with Gasteiger partial charge in [0.05, 0.1) is 0 Å². The third kappa shape index (κ3) is 9.97. The molecule has 0 atom stereocenters. The van der Waals surface area contributed by atoms with E-state index in [1.807, 2.05) is 0 Å². The number of alkyl halides is 2. The predicted molar refractivity (Wildman–Crippen MR) is 58.2 cm³/mol. The van der Waals surface area contributed by atoms with Crippen LogP contribution < -0.4 is 0 Å². The molecule has 0 aromatic carbocycles. The number of halogens is 2. The van der Waals surface area contributed by atoms with Crippen LogP contribution in [0, 0.1) is 0 Å². The second kappa shape index (κ2) is 7.91. The van der Waals surface area contributed by atoms with Gasteiger partial charge in [-0.15, -0.1) is 11.8 Å². The number of carbonyl (C=O) groups excluding carboxylic acids is 1. The van der Waals surface area contributed by atoms with Gasteiger partial charge in [0, 0.05) is 19.8 Å². The summed E-state index contributed by atoms with van der Waals surface area (Å²) in [6, 6.07) is 0. The van der Waals surface area contributed by atoms with Crippen LogP contribution in [-0.4, -0.2) is 23.6 Å². The fourth-order valence-corrected chi connectivity index (χ4v) is 1.82. The van der Waals surface area contributed by atoms with Crippen LogP contribution in [0.5, 0.6) is 0 Å². The van der Waals surface area contributed by atoms with E-state index in [0.717, 1.165) is 0 Å². The quantitative estimate of drug-likeness (QED) is 0.369. The molecule has 2 nitrogen and oxygen atoms in total. The first-order valence-corrected chi connectivity index (χ1v) is 6.22. The van der Waals surface area contributed by atoms with Crippen LogP contribution in [0.25, 0.3) is 0 Å². The van der Waals surface area contributed by atoms with Gasteiger partial charge in [0.15, 0.2) is 0 Å². The molecule has 0 N–H and O–H groups in total. The first-order valence-electron chi connectivity index (χ1n) is 5.07. The van der Waals surface area contributed by atoms with Crippen molar-refractivity contribution in [1.29, 1.82) is 0 Å². The smallest absolute Gasteiger partial charge is 0.303 e. The zero-order chi connectivity index (χ0) is 11.7. The standard InChI is InChI=1S/C10H18F2O2S/c1-3-5-10(11,12)6-4-7-15-8-14-9(2)13/h3-8H2,1-2H3. The minimum atomic E-state index is -2.53. The summed E-state index contributed by atoms with van der Waals surface area (Å²) in [6.45, 7) is 3.08. The van der Waals surface area contributed by atoms with Crippen molar-refractivity contribution < 1.29 is 18.3 Å². The molecule has 15 heavy (non-hydrogen) atoms. The van der Waals surface area contributed by atoms with Gasteiger partial charge in [-0.3, -0.25) is 4.79 Å². The van der Waals surface area contributed by atoms with Gasteiger partial charge in [0.25, 0.3) is 0 Å². The molecule has 0 rings (SSSR count). The van der Waals surface area contributed by atoms with Gasteiger partial charge in [0.2, 0.25) is 5.92 Å². The number of rotatable bonds is 8. The molecule has 0 aliphatic heterocycles. The molecule has 0 radical (unpaired) electrons. The van der Waals surface area contributed by atoms with Crippen molar-refractivity contribution in [3.63, 3.8) is 0 Å². The lowest BCUT2D eigenvalue weighted by Crippen LogP contribution is -2.15. The van der Waals surface area contributed by atoms with Gasteiger partial charge in [-0.1, -0.05) is 13.3 Å². The SMILES string of the molecule is CCCC(F)(F)CCCSCOC(C)=O. The van der Waals surface area contributed by atoms with Crippen molar-refractivity contribution in [2.45, 2.75) is 45.5 Å². The maximum atomic E-state index is 13.0. The molecule has 0 amide bonds.